The maximum atomic E-state index is 12.9. The van der Waals surface area contributed by atoms with E-state index in [0.717, 1.165) is 30.4 Å². The number of phenols is 2. The summed E-state index contributed by atoms with van der Waals surface area (Å²) >= 11 is 0. The molecule has 0 saturated heterocycles. The van der Waals surface area contributed by atoms with Crippen molar-refractivity contribution in [3.63, 3.8) is 0 Å². The zero-order chi connectivity index (χ0) is 30.3. The van der Waals surface area contributed by atoms with Crippen molar-refractivity contribution in [2.75, 3.05) is 24.7 Å². The Balaban J connectivity index is 1.42. The van der Waals surface area contributed by atoms with Crippen molar-refractivity contribution in [1.82, 2.24) is 0 Å². The summed E-state index contributed by atoms with van der Waals surface area (Å²) < 4.78 is 86.4. The molecule has 2 unspecified atom stereocenters. The molecular formula is C30H39F5O5S. The number of ether oxygens (including phenoxy) is 2. The summed E-state index contributed by atoms with van der Waals surface area (Å²) in [7, 11) is -1.44. The van der Waals surface area contributed by atoms with E-state index in [4.69, 9.17) is 9.47 Å². The molecule has 0 saturated carbocycles. The fourth-order valence-electron chi connectivity index (χ4n) is 5.25. The van der Waals surface area contributed by atoms with Gasteiger partial charge in [0, 0.05) is 52.7 Å². The number of hydrogen-bond donors (Lipinski definition) is 2. The molecule has 0 aliphatic carbocycles. The molecule has 3 rings (SSSR count). The van der Waals surface area contributed by atoms with E-state index in [2.05, 4.69) is 6.92 Å². The average molecular weight is 607 g/mol. The number of unbranched alkanes of at least 4 members (excludes halogenated alkanes) is 1. The molecule has 2 N–H and O–H groups in total. The van der Waals surface area contributed by atoms with Gasteiger partial charge in [-0.1, -0.05) is 31.5 Å². The predicted molar refractivity (Wildman–Crippen MR) is 148 cm³/mol. The van der Waals surface area contributed by atoms with E-state index >= 15 is 0 Å². The zero-order valence-electron chi connectivity index (χ0n) is 23.4. The molecule has 1 aliphatic rings. The number of hydrogen-bond acceptors (Lipinski definition) is 5. The number of fused-ring (bicyclic) bond motifs is 1. The molecule has 11 heteroatoms. The van der Waals surface area contributed by atoms with Crippen molar-refractivity contribution in [3.8, 4) is 17.2 Å². The van der Waals surface area contributed by atoms with Crippen LogP contribution in [0.15, 0.2) is 42.5 Å². The SMILES string of the molecule is CC(CCC[C@@H]1c2ccc(O)cc2OC[C@]1(C)c1ccc(O)cc1)OCCCCS(=O)CCCC(F)(F)C(F)(F)F. The maximum absolute atomic E-state index is 12.9. The van der Waals surface area contributed by atoms with Crippen LogP contribution in [0.25, 0.3) is 0 Å². The number of benzene rings is 2. The van der Waals surface area contributed by atoms with E-state index < -0.39 is 35.7 Å². The van der Waals surface area contributed by atoms with Gasteiger partial charge in [0.15, 0.2) is 0 Å². The first-order valence-electron chi connectivity index (χ1n) is 13.9. The summed E-state index contributed by atoms with van der Waals surface area (Å²) in [5.41, 5.74) is 1.73. The molecule has 0 amide bonds. The lowest BCUT2D eigenvalue weighted by Crippen LogP contribution is -2.40. The van der Waals surface area contributed by atoms with Gasteiger partial charge < -0.3 is 19.7 Å². The van der Waals surface area contributed by atoms with Crippen LogP contribution >= 0.6 is 0 Å². The predicted octanol–water partition coefficient (Wildman–Crippen LogP) is 7.61. The molecule has 41 heavy (non-hydrogen) atoms. The van der Waals surface area contributed by atoms with Crippen molar-refractivity contribution in [2.24, 2.45) is 0 Å². The van der Waals surface area contributed by atoms with Gasteiger partial charge in [0.1, 0.15) is 17.2 Å². The van der Waals surface area contributed by atoms with Gasteiger partial charge in [0.2, 0.25) is 0 Å². The van der Waals surface area contributed by atoms with Crippen LogP contribution in [0.4, 0.5) is 22.0 Å². The highest BCUT2D eigenvalue weighted by Crippen LogP contribution is 2.49. The second-order valence-electron chi connectivity index (χ2n) is 11.0. The molecule has 230 valence electrons. The van der Waals surface area contributed by atoms with E-state index in [9.17, 15) is 36.4 Å². The highest BCUT2D eigenvalue weighted by atomic mass is 32.2. The van der Waals surface area contributed by atoms with Gasteiger partial charge in [-0.15, -0.1) is 0 Å². The maximum Gasteiger partial charge on any atom is 0.453 e. The molecule has 0 radical (unpaired) electrons. The number of halogens is 5. The minimum absolute atomic E-state index is 0.0239. The van der Waals surface area contributed by atoms with Crippen molar-refractivity contribution < 1.29 is 45.8 Å². The largest absolute Gasteiger partial charge is 0.508 e. The van der Waals surface area contributed by atoms with Crippen molar-refractivity contribution >= 4 is 10.8 Å². The van der Waals surface area contributed by atoms with Crippen LogP contribution in [0.3, 0.4) is 0 Å². The first-order chi connectivity index (χ1) is 19.2. The first-order valence-corrected chi connectivity index (χ1v) is 15.4. The number of rotatable bonds is 15. The van der Waals surface area contributed by atoms with Gasteiger partial charge in [-0.3, -0.25) is 4.21 Å². The van der Waals surface area contributed by atoms with Crippen molar-refractivity contribution in [1.29, 1.82) is 0 Å². The number of alkyl halides is 5. The molecule has 4 atom stereocenters. The van der Waals surface area contributed by atoms with E-state index in [1.807, 2.05) is 25.1 Å². The third-order valence-corrected chi connectivity index (χ3v) is 9.23. The fourth-order valence-corrected chi connectivity index (χ4v) is 6.45. The monoisotopic (exact) mass is 606 g/mol. The molecule has 1 heterocycles. The highest BCUT2D eigenvalue weighted by Gasteiger charge is 2.56. The lowest BCUT2D eigenvalue weighted by Gasteiger charge is -2.43. The topological polar surface area (TPSA) is 76.0 Å². The van der Waals surface area contributed by atoms with Gasteiger partial charge in [-0.25, -0.2) is 0 Å². The standard InChI is InChI=1S/C30H39F5O5S/c1-21(39-16-3-4-17-41(38)18-6-15-29(31,32)30(33,34)35)7-5-8-26-25-14-13-24(37)19-27(25)40-20-28(26,2)22-9-11-23(36)12-10-22/h9-14,19,21,26,36-37H,3-8,15-18,20H2,1-2H3/t21?,26-,28-,41?/m1/s1. The summed E-state index contributed by atoms with van der Waals surface area (Å²) in [4.78, 5) is 0. The Morgan fingerprint density at radius 1 is 1.00 bits per heavy atom. The van der Waals surface area contributed by atoms with Crippen LogP contribution in [-0.4, -0.2) is 57.3 Å². The van der Waals surface area contributed by atoms with E-state index in [1.54, 1.807) is 24.3 Å². The van der Waals surface area contributed by atoms with Gasteiger partial charge >= 0.3 is 12.1 Å². The Morgan fingerprint density at radius 3 is 2.34 bits per heavy atom. The minimum Gasteiger partial charge on any atom is -0.508 e. The average Bonchev–Trinajstić information content (AvgIpc) is 2.89. The number of phenolic OH excluding ortho intramolecular Hbond substituents is 2. The van der Waals surface area contributed by atoms with Crippen LogP contribution in [0, 0.1) is 0 Å². The van der Waals surface area contributed by atoms with Gasteiger partial charge in [0.25, 0.3) is 0 Å². The fraction of sp³-hybridized carbons (Fsp3) is 0.600. The Bertz CT molecular complexity index is 1140. The lowest BCUT2D eigenvalue weighted by molar-refractivity contribution is -0.284. The first kappa shape index (κ1) is 33.1. The summed E-state index contributed by atoms with van der Waals surface area (Å²) in [6.45, 7) is 4.99. The molecule has 2 aromatic carbocycles. The third-order valence-electron chi connectivity index (χ3n) is 7.75. The van der Waals surface area contributed by atoms with Crippen LogP contribution in [0.2, 0.25) is 0 Å². The second kappa shape index (κ2) is 14.2. The van der Waals surface area contributed by atoms with Crippen LogP contribution in [0.5, 0.6) is 17.2 Å². The van der Waals surface area contributed by atoms with Gasteiger partial charge in [-0.2, -0.15) is 22.0 Å². The summed E-state index contributed by atoms with van der Waals surface area (Å²) in [5, 5.41) is 19.7. The minimum atomic E-state index is -5.58. The molecule has 0 fully saturated rings. The molecule has 2 aromatic rings. The molecule has 0 aromatic heterocycles. The Labute approximate surface area is 240 Å². The Morgan fingerprint density at radius 2 is 1.66 bits per heavy atom. The van der Waals surface area contributed by atoms with Crippen molar-refractivity contribution in [3.05, 3.63) is 53.6 Å². The molecule has 0 bridgehead atoms. The molecule has 0 spiro atoms. The normalized spacial score (nSPS) is 20.7. The summed E-state index contributed by atoms with van der Waals surface area (Å²) in [6.07, 6.45) is -3.73. The van der Waals surface area contributed by atoms with Crippen LogP contribution < -0.4 is 4.74 Å². The van der Waals surface area contributed by atoms with Crippen LogP contribution in [-0.2, 0) is 21.0 Å². The summed E-state index contributed by atoms with van der Waals surface area (Å²) in [6, 6.07) is 12.4. The van der Waals surface area contributed by atoms with E-state index in [1.165, 1.54) is 0 Å². The third kappa shape index (κ3) is 9.04. The van der Waals surface area contributed by atoms with Gasteiger partial charge in [0.05, 0.1) is 12.7 Å². The molecule has 5 nitrogen and oxygen atoms in total. The Hall–Kier alpha value is -2.40. The number of aromatic hydroxyl groups is 2. The smallest absolute Gasteiger partial charge is 0.453 e. The quantitative estimate of drug-likeness (QED) is 0.161. The summed E-state index contributed by atoms with van der Waals surface area (Å²) in [5.74, 6) is -3.58. The van der Waals surface area contributed by atoms with E-state index in [-0.39, 0.29) is 40.4 Å². The van der Waals surface area contributed by atoms with Gasteiger partial charge in [-0.05, 0) is 68.4 Å². The van der Waals surface area contributed by atoms with Crippen molar-refractivity contribution in [2.45, 2.75) is 88.3 Å². The van der Waals surface area contributed by atoms with Crippen LogP contribution in [0.1, 0.15) is 75.8 Å². The second-order valence-corrected chi connectivity index (χ2v) is 12.7. The lowest BCUT2D eigenvalue weighted by atomic mass is 9.66. The Kier molecular flexibility index (Phi) is 11.4. The zero-order valence-corrected chi connectivity index (χ0v) is 24.2. The van der Waals surface area contributed by atoms with E-state index in [0.29, 0.717) is 31.8 Å². The highest BCUT2D eigenvalue weighted by molar-refractivity contribution is 7.84. The molecular weight excluding hydrogens is 567 g/mol. The molecule has 1 aliphatic heterocycles.